The maximum absolute atomic E-state index is 13.5. The summed E-state index contributed by atoms with van der Waals surface area (Å²) in [5.41, 5.74) is -0.989. The van der Waals surface area contributed by atoms with Crippen LogP contribution in [0.15, 0.2) is 23.1 Å². The number of piperidine rings is 1. The third kappa shape index (κ3) is 5.82. The van der Waals surface area contributed by atoms with E-state index >= 15 is 0 Å². The fourth-order valence-corrected chi connectivity index (χ4v) is 5.98. The number of nitrogens with zero attached hydrogens (tertiary/aromatic N) is 1. The molecule has 0 aromatic heterocycles. The lowest BCUT2D eigenvalue weighted by atomic mass is 10.0. The Hall–Kier alpha value is -1.65. The molecule has 2 N–H and O–H groups in total. The molecule has 1 amide bonds. The summed E-state index contributed by atoms with van der Waals surface area (Å²) in [6.45, 7) is 4.89. The molecule has 1 heterocycles. The molecular formula is C22H32F3N3O3S. The van der Waals surface area contributed by atoms with Gasteiger partial charge in [-0.15, -0.1) is 0 Å². The molecule has 1 saturated carbocycles. The fraction of sp³-hybridized carbons (Fsp3) is 0.682. The van der Waals surface area contributed by atoms with Crippen LogP contribution in [-0.4, -0.2) is 51.4 Å². The van der Waals surface area contributed by atoms with Crippen molar-refractivity contribution >= 4 is 15.9 Å². The van der Waals surface area contributed by atoms with Crippen LogP contribution in [0, 0.1) is 5.92 Å². The highest BCUT2D eigenvalue weighted by Gasteiger charge is 2.42. The molecule has 3 rings (SSSR count). The van der Waals surface area contributed by atoms with E-state index in [1.165, 1.54) is 6.07 Å². The molecule has 1 unspecified atom stereocenters. The lowest BCUT2D eigenvalue weighted by molar-refractivity contribution is -0.138. The Balaban J connectivity index is 1.70. The minimum atomic E-state index is -4.60. The summed E-state index contributed by atoms with van der Waals surface area (Å²) >= 11 is 0. The molecule has 1 atom stereocenters. The second-order valence-corrected chi connectivity index (χ2v) is 10.9. The van der Waals surface area contributed by atoms with Gasteiger partial charge >= 0.3 is 6.18 Å². The topological polar surface area (TPSA) is 78.5 Å². The van der Waals surface area contributed by atoms with Crippen molar-refractivity contribution in [2.24, 2.45) is 5.92 Å². The van der Waals surface area contributed by atoms with Crippen LogP contribution in [0.2, 0.25) is 0 Å². The minimum Gasteiger partial charge on any atom is -0.341 e. The van der Waals surface area contributed by atoms with Crippen molar-refractivity contribution in [1.29, 1.82) is 0 Å². The van der Waals surface area contributed by atoms with Crippen LogP contribution in [0.1, 0.15) is 63.0 Å². The van der Waals surface area contributed by atoms with Crippen LogP contribution in [0.3, 0.4) is 0 Å². The van der Waals surface area contributed by atoms with Gasteiger partial charge in [-0.2, -0.15) is 13.2 Å². The predicted molar refractivity (Wildman–Crippen MR) is 116 cm³/mol. The fourth-order valence-electron chi connectivity index (χ4n) is 4.35. The van der Waals surface area contributed by atoms with E-state index < -0.39 is 27.8 Å². The number of hydrogen-bond acceptors (Lipinski definition) is 4. The highest BCUT2D eigenvalue weighted by atomic mass is 32.2. The molecule has 1 aliphatic heterocycles. The van der Waals surface area contributed by atoms with Gasteiger partial charge in [0.15, 0.2) is 0 Å². The van der Waals surface area contributed by atoms with E-state index in [-0.39, 0.29) is 28.3 Å². The van der Waals surface area contributed by atoms with E-state index in [4.69, 9.17) is 0 Å². The van der Waals surface area contributed by atoms with Gasteiger partial charge in [0.25, 0.3) is 0 Å². The number of hydrogen-bond donors (Lipinski definition) is 2. The molecule has 1 saturated heterocycles. The molecule has 0 bridgehead atoms. The minimum absolute atomic E-state index is 0.00333. The monoisotopic (exact) mass is 475 g/mol. The Labute approximate surface area is 188 Å². The van der Waals surface area contributed by atoms with Crippen molar-refractivity contribution < 1.29 is 26.4 Å². The Bertz CT molecular complexity index is 922. The number of carbonyl (C=O) groups is 1. The van der Waals surface area contributed by atoms with Crippen LogP contribution in [0.4, 0.5) is 13.2 Å². The molecule has 1 aromatic rings. The normalized spacial score (nSPS) is 19.4. The number of amides is 1. The zero-order chi connectivity index (χ0) is 23.7. The molecule has 0 radical (unpaired) electrons. The van der Waals surface area contributed by atoms with Gasteiger partial charge in [-0.1, -0.05) is 19.9 Å². The maximum atomic E-state index is 13.5. The summed E-state index contributed by atoms with van der Waals surface area (Å²) in [7, 11) is -2.37. The lowest BCUT2D eigenvalue weighted by Gasteiger charge is -2.34. The molecular weight excluding hydrogens is 443 g/mol. The molecule has 32 heavy (non-hydrogen) atoms. The van der Waals surface area contributed by atoms with E-state index in [2.05, 4.69) is 10.0 Å². The molecule has 0 spiro atoms. The van der Waals surface area contributed by atoms with Crippen molar-refractivity contribution in [1.82, 2.24) is 14.9 Å². The number of sulfonamides is 1. The average molecular weight is 476 g/mol. The van der Waals surface area contributed by atoms with Gasteiger partial charge in [0, 0.05) is 19.1 Å². The van der Waals surface area contributed by atoms with Crippen LogP contribution in [-0.2, 0) is 21.0 Å². The summed E-state index contributed by atoms with van der Waals surface area (Å²) in [4.78, 5) is 14.2. The van der Waals surface area contributed by atoms with Gasteiger partial charge in [0.2, 0.25) is 15.9 Å². The Morgan fingerprint density at radius 1 is 1.16 bits per heavy atom. The van der Waals surface area contributed by atoms with E-state index in [9.17, 15) is 26.4 Å². The van der Waals surface area contributed by atoms with Crippen molar-refractivity contribution in [3.8, 4) is 0 Å². The average Bonchev–Trinajstić information content (AvgIpc) is 3.55. The first-order chi connectivity index (χ1) is 14.9. The van der Waals surface area contributed by atoms with Gasteiger partial charge in [-0.3, -0.25) is 4.79 Å². The largest absolute Gasteiger partial charge is 0.416 e. The third-order valence-corrected chi connectivity index (χ3v) is 7.71. The van der Waals surface area contributed by atoms with E-state index in [1.54, 1.807) is 11.9 Å². The number of benzene rings is 1. The molecule has 1 aliphatic carbocycles. The van der Waals surface area contributed by atoms with Crippen molar-refractivity contribution in [3.05, 3.63) is 29.3 Å². The number of carbonyl (C=O) groups excluding carboxylic acids is 1. The van der Waals surface area contributed by atoms with Gasteiger partial charge in [0.05, 0.1) is 16.5 Å². The second-order valence-electron chi connectivity index (χ2n) is 9.18. The number of rotatable bonds is 8. The molecule has 6 nitrogen and oxygen atoms in total. The van der Waals surface area contributed by atoms with E-state index in [0.29, 0.717) is 51.1 Å². The SMILES string of the molecule is CNC(CC(C)C)C(=O)N1CCC(NS(=O)(=O)c2cccc(C(F)(F)F)c2C2CC2)CC1. The zero-order valence-corrected chi connectivity index (χ0v) is 19.5. The zero-order valence-electron chi connectivity index (χ0n) is 18.7. The van der Waals surface area contributed by atoms with Gasteiger partial charge in [-0.25, -0.2) is 13.1 Å². The van der Waals surface area contributed by atoms with Crippen molar-refractivity contribution in [2.45, 2.75) is 75.0 Å². The summed E-state index contributed by atoms with van der Waals surface area (Å²) in [6, 6.07) is 2.65. The number of halogens is 3. The smallest absolute Gasteiger partial charge is 0.341 e. The Morgan fingerprint density at radius 3 is 2.28 bits per heavy atom. The third-order valence-electron chi connectivity index (χ3n) is 6.13. The summed E-state index contributed by atoms with van der Waals surface area (Å²) in [5.74, 6) is -0.0245. The van der Waals surface area contributed by atoms with Crippen LogP contribution >= 0.6 is 0 Å². The standard InChI is InChI=1S/C22H32F3N3O3S/c1-14(2)13-18(26-3)21(29)28-11-9-16(10-12-28)27-32(30,31)19-6-4-5-17(22(23,24)25)20(19)15-7-8-15/h4-6,14-16,18,26-27H,7-13H2,1-3H3. The van der Waals surface area contributed by atoms with Crippen molar-refractivity contribution in [2.75, 3.05) is 20.1 Å². The van der Waals surface area contributed by atoms with E-state index in [0.717, 1.165) is 12.1 Å². The van der Waals surface area contributed by atoms with Gasteiger partial charge in [0.1, 0.15) is 0 Å². The first kappa shape index (κ1) is 25.0. The Kier molecular flexibility index (Phi) is 7.56. The lowest BCUT2D eigenvalue weighted by Crippen LogP contribution is -2.51. The molecule has 2 fully saturated rings. The van der Waals surface area contributed by atoms with Crippen LogP contribution < -0.4 is 10.0 Å². The highest BCUT2D eigenvalue weighted by molar-refractivity contribution is 7.89. The highest BCUT2D eigenvalue weighted by Crippen LogP contribution is 2.48. The summed E-state index contributed by atoms with van der Waals surface area (Å²) in [6.07, 6.45) is -1.95. The molecule has 2 aliphatic rings. The number of likely N-dealkylation sites (N-methyl/N-ethyl adjacent to an activating group) is 1. The van der Waals surface area contributed by atoms with Crippen LogP contribution in [0.5, 0.6) is 0 Å². The van der Waals surface area contributed by atoms with E-state index in [1.807, 2.05) is 13.8 Å². The first-order valence-electron chi connectivity index (χ1n) is 11.1. The van der Waals surface area contributed by atoms with Gasteiger partial charge in [-0.05, 0) is 68.7 Å². The van der Waals surface area contributed by atoms with Gasteiger partial charge < -0.3 is 10.2 Å². The first-order valence-corrected chi connectivity index (χ1v) is 12.6. The summed E-state index contributed by atoms with van der Waals surface area (Å²) < 4.78 is 69.2. The van der Waals surface area contributed by atoms with Crippen molar-refractivity contribution in [3.63, 3.8) is 0 Å². The van der Waals surface area contributed by atoms with Crippen LogP contribution in [0.25, 0.3) is 0 Å². The maximum Gasteiger partial charge on any atom is 0.416 e. The number of alkyl halides is 3. The second kappa shape index (κ2) is 9.69. The molecule has 1 aromatic carbocycles. The molecule has 180 valence electrons. The number of likely N-dealkylation sites (tertiary alicyclic amines) is 1. The number of nitrogens with one attached hydrogen (secondary N) is 2. The molecule has 10 heteroatoms. The predicted octanol–water partition coefficient (Wildman–Crippen LogP) is 3.49. The summed E-state index contributed by atoms with van der Waals surface area (Å²) in [5, 5.41) is 3.05. The Morgan fingerprint density at radius 2 is 1.78 bits per heavy atom. The quantitative estimate of drug-likeness (QED) is 0.604.